The Bertz CT molecular complexity index is 395. The van der Waals surface area contributed by atoms with Crippen LogP contribution >= 0.6 is 11.6 Å². The summed E-state index contributed by atoms with van der Waals surface area (Å²) >= 11 is 5.77. The number of carbonyl (C=O) groups excluding carboxylic acids is 1. The number of hydrogen-bond donors (Lipinski definition) is 1. The Morgan fingerprint density at radius 2 is 2.20 bits per heavy atom. The fourth-order valence-corrected chi connectivity index (χ4v) is 1.47. The molecule has 0 bridgehead atoms. The topological polar surface area (TPSA) is 52.3 Å². The van der Waals surface area contributed by atoms with Crippen LogP contribution in [0.4, 0.5) is 4.39 Å². The maximum absolute atomic E-state index is 13.6. The summed E-state index contributed by atoms with van der Waals surface area (Å²) in [6.07, 6.45) is 0. The Hall–Kier alpha value is -1.13. The van der Waals surface area contributed by atoms with Gasteiger partial charge in [0, 0.05) is 10.6 Å². The molecule has 0 spiro atoms. The molecule has 1 rings (SSSR count). The van der Waals surface area contributed by atoms with Crippen LogP contribution in [-0.2, 0) is 9.53 Å². The average Bonchev–Trinajstić information content (AvgIpc) is 2.22. The van der Waals surface area contributed by atoms with Crippen LogP contribution in [0.15, 0.2) is 12.1 Å². The van der Waals surface area contributed by atoms with Gasteiger partial charge in [-0.3, -0.25) is 4.79 Å². The summed E-state index contributed by atoms with van der Waals surface area (Å²) < 4.78 is 18.1. The quantitative estimate of drug-likeness (QED) is 0.792. The minimum Gasteiger partial charge on any atom is -0.468 e. The van der Waals surface area contributed by atoms with Crippen LogP contribution in [0.1, 0.15) is 17.2 Å². The number of esters is 1. The van der Waals surface area contributed by atoms with Crippen molar-refractivity contribution in [3.8, 4) is 0 Å². The van der Waals surface area contributed by atoms with Gasteiger partial charge in [0.05, 0.1) is 7.11 Å². The fourth-order valence-electron chi connectivity index (χ4n) is 1.21. The van der Waals surface area contributed by atoms with Crippen LogP contribution in [0.2, 0.25) is 5.02 Å². The van der Waals surface area contributed by atoms with Crippen molar-refractivity contribution in [2.75, 3.05) is 7.11 Å². The van der Waals surface area contributed by atoms with Crippen molar-refractivity contribution in [1.82, 2.24) is 0 Å². The maximum Gasteiger partial charge on any atom is 0.327 e. The van der Waals surface area contributed by atoms with E-state index in [1.54, 1.807) is 6.92 Å². The van der Waals surface area contributed by atoms with Crippen LogP contribution < -0.4 is 5.73 Å². The summed E-state index contributed by atoms with van der Waals surface area (Å²) in [5.74, 6) is -1.29. The summed E-state index contributed by atoms with van der Waals surface area (Å²) in [6, 6.07) is 1.82. The van der Waals surface area contributed by atoms with Crippen molar-refractivity contribution >= 4 is 17.6 Å². The summed E-state index contributed by atoms with van der Waals surface area (Å²) in [5, 5.41) is 0.121. The van der Waals surface area contributed by atoms with Crippen molar-refractivity contribution in [1.29, 1.82) is 0 Å². The number of nitrogens with two attached hydrogens (primary N) is 1. The number of methoxy groups -OCH3 is 1. The molecule has 82 valence electrons. The van der Waals surface area contributed by atoms with Gasteiger partial charge in [0.1, 0.15) is 11.9 Å². The van der Waals surface area contributed by atoms with E-state index in [-0.39, 0.29) is 10.6 Å². The molecule has 0 aliphatic carbocycles. The van der Waals surface area contributed by atoms with Gasteiger partial charge in [-0.1, -0.05) is 17.7 Å². The number of carbonyl (C=O) groups is 1. The molecule has 2 N–H and O–H groups in total. The summed E-state index contributed by atoms with van der Waals surface area (Å²) in [6.45, 7) is 1.57. The van der Waals surface area contributed by atoms with Crippen molar-refractivity contribution in [3.05, 3.63) is 34.1 Å². The molecule has 1 aromatic carbocycles. The lowest BCUT2D eigenvalue weighted by Crippen LogP contribution is -2.24. The van der Waals surface area contributed by atoms with Crippen LogP contribution in [-0.4, -0.2) is 13.1 Å². The Balaban J connectivity index is 3.24. The van der Waals surface area contributed by atoms with Gasteiger partial charge in [-0.25, -0.2) is 4.39 Å². The Morgan fingerprint density at radius 3 is 2.73 bits per heavy atom. The van der Waals surface area contributed by atoms with Crippen LogP contribution in [0.5, 0.6) is 0 Å². The third-order valence-electron chi connectivity index (χ3n) is 2.09. The predicted octanol–water partition coefficient (Wildman–Crippen LogP) is 1.96. The van der Waals surface area contributed by atoms with Gasteiger partial charge in [0.25, 0.3) is 0 Å². The highest BCUT2D eigenvalue weighted by atomic mass is 35.5. The third kappa shape index (κ3) is 2.27. The molecular formula is C10H11ClFNO2. The molecule has 0 radical (unpaired) electrons. The zero-order valence-corrected chi connectivity index (χ0v) is 9.14. The molecule has 0 saturated carbocycles. The van der Waals surface area contributed by atoms with E-state index in [0.29, 0.717) is 5.56 Å². The highest BCUT2D eigenvalue weighted by molar-refractivity contribution is 6.31. The smallest absolute Gasteiger partial charge is 0.327 e. The second kappa shape index (κ2) is 4.59. The minimum absolute atomic E-state index is 0.0245. The first-order chi connectivity index (χ1) is 6.99. The van der Waals surface area contributed by atoms with Gasteiger partial charge in [-0.15, -0.1) is 0 Å². The molecular weight excluding hydrogens is 221 g/mol. The Labute approximate surface area is 92.0 Å². The maximum atomic E-state index is 13.6. The lowest BCUT2D eigenvalue weighted by Gasteiger charge is -2.13. The first-order valence-electron chi connectivity index (χ1n) is 4.27. The van der Waals surface area contributed by atoms with E-state index in [1.165, 1.54) is 19.2 Å². The van der Waals surface area contributed by atoms with E-state index >= 15 is 0 Å². The predicted molar refractivity (Wildman–Crippen MR) is 55.1 cm³/mol. The zero-order chi connectivity index (χ0) is 11.6. The van der Waals surface area contributed by atoms with Gasteiger partial charge in [0.2, 0.25) is 0 Å². The molecule has 0 heterocycles. The molecule has 0 aromatic heterocycles. The minimum atomic E-state index is -1.19. The van der Waals surface area contributed by atoms with Crippen molar-refractivity contribution < 1.29 is 13.9 Å². The highest BCUT2D eigenvalue weighted by Gasteiger charge is 2.23. The molecule has 5 heteroatoms. The Kier molecular flexibility index (Phi) is 3.66. The first kappa shape index (κ1) is 11.9. The standard InChI is InChI=1S/C10H11ClFNO2/c1-5-3-4-6(11)7(8(5)12)9(13)10(14)15-2/h3-4,9H,13H2,1-2H3/t9-/m0/s1. The largest absolute Gasteiger partial charge is 0.468 e. The van der Waals surface area contributed by atoms with E-state index in [1.807, 2.05) is 0 Å². The monoisotopic (exact) mass is 231 g/mol. The van der Waals surface area contributed by atoms with Crippen molar-refractivity contribution in [2.45, 2.75) is 13.0 Å². The van der Waals surface area contributed by atoms with E-state index in [4.69, 9.17) is 17.3 Å². The Morgan fingerprint density at radius 1 is 1.60 bits per heavy atom. The van der Waals surface area contributed by atoms with Crippen LogP contribution in [0, 0.1) is 12.7 Å². The average molecular weight is 232 g/mol. The number of hydrogen-bond acceptors (Lipinski definition) is 3. The van der Waals surface area contributed by atoms with Gasteiger partial charge in [0.15, 0.2) is 0 Å². The molecule has 15 heavy (non-hydrogen) atoms. The molecule has 0 aliphatic rings. The summed E-state index contributed by atoms with van der Waals surface area (Å²) in [5.41, 5.74) is 5.88. The number of halogens is 2. The number of aryl methyl sites for hydroxylation is 1. The van der Waals surface area contributed by atoms with Gasteiger partial charge >= 0.3 is 5.97 Å². The molecule has 0 amide bonds. The zero-order valence-electron chi connectivity index (χ0n) is 8.38. The van der Waals surface area contributed by atoms with Crippen LogP contribution in [0.3, 0.4) is 0 Å². The van der Waals surface area contributed by atoms with Gasteiger partial charge < -0.3 is 10.5 Å². The molecule has 0 unspecified atom stereocenters. The van der Waals surface area contributed by atoms with Crippen molar-refractivity contribution in [2.24, 2.45) is 5.73 Å². The van der Waals surface area contributed by atoms with E-state index in [9.17, 15) is 9.18 Å². The van der Waals surface area contributed by atoms with E-state index < -0.39 is 17.8 Å². The number of benzene rings is 1. The second-order valence-electron chi connectivity index (χ2n) is 3.09. The molecule has 1 aromatic rings. The lowest BCUT2D eigenvalue weighted by molar-refractivity contribution is -0.142. The number of rotatable bonds is 2. The van der Waals surface area contributed by atoms with Crippen molar-refractivity contribution in [3.63, 3.8) is 0 Å². The molecule has 3 nitrogen and oxygen atoms in total. The molecule has 1 atom stereocenters. The fraction of sp³-hybridized carbons (Fsp3) is 0.300. The summed E-state index contributed by atoms with van der Waals surface area (Å²) in [7, 11) is 1.18. The first-order valence-corrected chi connectivity index (χ1v) is 4.64. The van der Waals surface area contributed by atoms with E-state index in [0.717, 1.165) is 0 Å². The summed E-state index contributed by atoms with van der Waals surface area (Å²) in [4.78, 5) is 11.2. The third-order valence-corrected chi connectivity index (χ3v) is 2.42. The van der Waals surface area contributed by atoms with Gasteiger partial charge in [-0.05, 0) is 18.6 Å². The normalized spacial score (nSPS) is 12.3. The number of ether oxygens (including phenoxy) is 1. The van der Waals surface area contributed by atoms with Gasteiger partial charge in [-0.2, -0.15) is 0 Å². The molecule has 0 fully saturated rings. The molecule has 0 aliphatic heterocycles. The SMILES string of the molecule is COC(=O)[C@@H](N)c1c(Cl)ccc(C)c1F. The van der Waals surface area contributed by atoms with Crippen LogP contribution in [0.25, 0.3) is 0 Å². The lowest BCUT2D eigenvalue weighted by atomic mass is 10.0. The highest BCUT2D eigenvalue weighted by Crippen LogP contribution is 2.27. The van der Waals surface area contributed by atoms with E-state index in [2.05, 4.69) is 4.74 Å². The molecule has 0 saturated heterocycles. The second-order valence-corrected chi connectivity index (χ2v) is 3.50.